The molecule has 0 radical (unpaired) electrons. The van der Waals surface area contributed by atoms with Gasteiger partial charge < -0.3 is 20.9 Å². The van der Waals surface area contributed by atoms with E-state index in [-0.39, 0.29) is 24.3 Å². The lowest BCUT2D eigenvalue weighted by Crippen LogP contribution is -2.51. The van der Waals surface area contributed by atoms with Gasteiger partial charge in [-0.3, -0.25) is 0 Å². The van der Waals surface area contributed by atoms with Crippen LogP contribution in [-0.2, 0) is 22.3 Å². The molecule has 0 saturated carbocycles. The van der Waals surface area contributed by atoms with E-state index in [1.807, 2.05) is 50.2 Å². The van der Waals surface area contributed by atoms with E-state index >= 15 is 0 Å². The number of hydrogen-bond donors (Lipinski definition) is 2. The maximum atomic E-state index is 6.49. The second-order valence-corrected chi connectivity index (χ2v) is 7.27. The lowest BCUT2D eigenvalue weighted by Gasteiger charge is -2.27. The molecule has 4 N–H and O–H groups in total. The first kappa shape index (κ1) is 18.1. The topological polar surface area (TPSA) is 70.5 Å². The summed E-state index contributed by atoms with van der Waals surface area (Å²) in [5.41, 5.74) is 15.4. The third kappa shape index (κ3) is 4.67. The van der Waals surface area contributed by atoms with Crippen molar-refractivity contribution in [1.29, 1.82) is 0 Å². The van der Waals surface area contributed by atoms with E-state index in [9.17, 15) is 0 Å². The highest BCUT2D eigenvalue weighted by molar-refractivity contribution is 5.18. The van der Waals surface area contributed by atoms with Crippen molar-refractivity contribution in [2.75, 3.05) is 0 Å². The van der Waals surface area contributed by atoms with Crippen molar-refractivity contribution in [2.45, 2.75) is 56.8 Å². The highest BCUT2D eigenvalue weighted by Gasteiger charge is 2.46. The summed E-state index contributed by atoms with van der Waals surface area (Å²) in [7, 11) is 0. The number of hydrogen-bond acceptors (Lipinski definition) is 4. The molecule has 0 aliphatic carbocycles. The van der Waals surface area contributed by atoms with Gasteiger partial charge in [0, 0.05) is 12.1 Å². The quantitative estimate of drug-likeness (QED) is 0.848. The Bertz CT molecular complexity index is 603. The van der Waals surface area contributed by atoms with Crippen LogP contribution in [0.15, 0.2) is 60.7 Å². The Labute approximate surface area is 150 Å². The summed E-state index contributed by atoms with van der Waals surface area (Å²) >= 11 is 0. The molecular formula is C21H28N2O2. The third-order valence-corrected chi connectivity index (χ3v) is 4.64. The van der Waals surface area contributed by atoms with E-state index in [4.69, 9.17) is 20.9 Å². The van der Waals surface area contributed by atoms with Gasteiger partial charge >= 0.3 is 0 Å². The molecule has 1 fully saturated rings. The monoisotopic (exact) mass is 340 g/mol. The maximum absolute atomic E-state index is 6.49. The maximum Gasteiger partial charge on any atom is 0.163 e. The van der Waals surface area contributed by atoms with Crippen molar-refractivity contribution in [2.24, 2.45) is 11.5 Å². The molecule has 0 aromatic heterocycles. The van der Waals surface area contributed by atoms with Gasteiger partial charge in [0.2, 0.25) is 0 Å². The van der Waals surface area contributed by atoms with Gasteiger partial charge in [0.1, 0.15) is 12.2 Å². The molecule has 2 aromatic carbocycles. The first-order valence-electron chi connectivity index (χ1n) is 8.89. The van der Waals surface area contributed by atoms with Crippen molar-refractivity contribution < 1.29 is 9.47 Å². The standard InChI is InChI=1S/C21H28N2O2/c1-21(2)24-19(17(22)13-15-9-5-3-6-10-15)20(25-21)18(23)14-16-11-7-4-8-12-16/h3-12,17-20H,13-14,22-23H2,1-2H3/t17-,18?,19+,20+/m1/s1. The van der Waals surface area contributed by atoms with E-state index in [1.54, 1.807) is 0 Å². The molecule has 0 spiro atoms. The molecule has 0 bridgehead atoms. The molecule has 4 atom stereocenters. The average molecular weight is 340 g/mol. The molecule has 1 heterocycles. The van der Waals surface area contributed by atoms with E-state index in [2.05, 4.69) is 24.3 Å². The number of nitrogens with two attached hydrogens (primary N) is 2. The molecule has 4 nitrogen and oxygen atoms in total. The summed E-state index contributed by atoms with van der Waals surface area (Å²) in [6.45, 7) is 3.84. The molecule has 1 saturated heterocycles. The smallest absolute Gasteiger partial charge is 0.163 e. The molecule has 1 aliphatic heterocycles. The van der Waals surface area contributed by atoms with Crippen LogP contribution in [0.1, 0.15) is 25.0 Å². The van der Waals surface area contributed by atoms with Crippen molar-refractivity contribution in [3.8, 4) is 0 Å². The van der Waals surface area contributed by atoms with Gasteiger partial charge in [-0.25, -0.2) is 0 Å². The zero-order chi connectivity index (χ0) is 17.9. The predicted molar refractivity (Wildman–Crippen MR) is 100 cm³/mol. The van der Waals surface area contributed by atoms with Crippen molar-refractivity contribution in [3.05, 3.63) is 71.8 Å². The number of benzene rings is 2. The van der Waals surface area contributed by atoms with Gasteiger partial charge in [0.15, 0.2) is 5.79 Å². The van der Waals surface area contributed by atoms with Crippen LogP contribution in [-0.4, -0.2) is 30.1 Å². The van der Waals surface area contributed by atoms with E-state index in [0.29, 0.717) is 0 Å². The normalized spacial score (nSPS) is 24.8. The van der Waals surface area contributed by atoms with Gasteiger partial charge in [-0.2, -0.15) is 0 Å². The SMILES string of the molecule is CC1(C)O[C@@H]([C@H](N)Cc2ccccc2)[C@H](C(N)Cc2ccccc2)O1. The zero-order valence-corrected chi connectivity index (χ0v) is 15.0. The van der Waals surface area contributed by atoms with Crippen LogP contribution in [0.2, 0.25) is 0 Å². The molecule has 4 heteroatoms. The Hall–Kier alpha value is -1.72. The van der Waals surface area contributed by atoms with Gasteiger partial charge in [-0.05, 0) is 37.8 Å². The largest absolute Gasteiger partial charge is 0.343 e. The highest BCUT2D eigenvalue weighted by Crippen LogP contribution is 2.32. The van der Waals surface area contributed by atoms with Gasteiger partial charge in [-0.15, -0.1) is 0 Å². The Morgan fingerprint density at radius 3 is 1.48 bits per heavy atom. The summed E-state index contributed by atoms with van der Waals surface area (Å²) in [6, 6.07) is 20.1. The third-order valence-electron chi connectivity index (χ3n) is 4.64. The summed E-state index contributed by atoms with van der Waals surface area (Å²) in [6.07, 6.45) is 1.02. The predicted octanol–water partition coefficient (Wildman–Crippen LogP) is 2.65. The van der Waals surface area contributed by atoms with Crippen LogP contribution in [0.3, 0.4) is 0 Å². The Kier molecular flexibility index (Phi) is 5.54. The second-order valence-electron chi connectivity index (χ2n) is 7.27. The zero-order valence-electron chi connectivity index (χ0n) is 15.0. The van der Waals surface area contributed by atoms with Crippen LogP contribution < -0.4 is 11.5 Å². The van der Waals surface area contributed by atoms with Crippen LogP contribution >= 0.6 is 0 Å². The van der Waals surface area contributed by atoms with Crippen LogP contribution in [0.5, 0.6) is 0 Å². The second kappa shape index (κ2) is 7.67. The molecular weight excluding hydrogens is 312 g/mol. The molecule has 0 amide bonds. The van der Waals surface area contributed by atoms with Crippen molar-refractivity contribution in [1.82, 2.24) is 0 Å². The lowest BCUT2D eigenvalue weighted by molar-refractivity contribution is -0.149. The summed E-state index contributed by atoms with van der Waals surface area (Å²) in [5, 5.41) is 0. The Morgan fingerprint density at radius 1 is 0.760 bits per heavy atom. The van der Waals surface area contributed by atoms with Crippen LogP contribution in [0.25, 0.3) is 0 Å². The fourth-order valence-corrected chi connectivity index (χ4v) is 3.48. The van der Waals surface area contributed by atoms with Gasteiger partial charge in [0.25, 0.3) is 0 Å². The minimum Gasteiger partial charge on any atom is -0.343 e. The molecule has 3 rings (SSSR count). The summed E-state index contributed by atoms with van der Waals surface area (Å²) in [4.78, 5) is 0. The van der Waals surface area contributed by atoms with Crippen LogP contribution in [0, 0.1) is 0 Å². The Balaban J connectivity index is 1.71. The minimum absolute atomic E-state index is 0.170. The molecule has 2 aromatic rings. The number of rotatable bonds is 6. The fourth-order valence-electron chi connectivity index (χ4n) is 3.48. The molecule has 134 valence electrons. The minimum atomic E-state index is -0.669. The molecule has 1 aliphatic rings. The first-order valence-corrected chi connectivity index (χ1v) is 8.89. The first-order chi connectivity index (χ1) is 11.9. The summed E-state index contributed by atoms with van der Waals surface area (Å²) < 4.78 is 12.3. The Morgan fingerprint density at radius 2 is 1.12 bits per heavy atom. The lowest BCUT2D eigenvalue weighted by atomic mass is 9.92. The molecule has 1 unspecified atom stereocenters. The van der Waals surface area contributed by atoms with Gasteiger partial charge in [-0.1, -0.05) is 60.7 Å². The van der Waals surface area contributed by atoms with Gasteiger partial charge in [0.05, 0.1) is 0 Å². The van der Waals surface area contributed by atoms with E-state index in [0.717, 1.165) is 12.8 Å². The van der Waals surface area contributed by atoms with Crippen molar-refractivity contribution in [3.63, 3.8) is 0 Å². The van der Waals surface area contributed by atoms with E-state index < -0.39 is 5.79 Å². The van der Waals surface area contributed by atoms with E-state index in [1.165, 1.54) is 11.1 Å². The van der Waals surface area contributed by atoms with Crippen LogP contribution in [0.4, 0.5) is 0 Å². The average Bonchev–Trinajstić information content (AvgIpc) is 2.93. The highest BCUT2D eigenvalue weighted by atomic mass is 16.8. The fraction of sp³-hybridized carbons (Fsp3) is 0.429. The molecule has 25 heavy (non-hydrogen) atoms. The number of ether oxygens (including phenoxy) is 2. The van der Waals surface area contributed by atoms with Crippen molar-refractivity contribution >= 4 is 0 Å². The summed E-state index contributed by atoms with van der Waals surface area (Å²) in [5.74, 6) is -0.669.